The van der Waals surface area contributed by atoms with E-state index in [4.69, 9.17) is 27.8 Å². The fourth-order valence-corrected chi connectivity index (χ4v) is 3.14. The molecule has 6 nitrogen and oxygen atoms in total. The van der Waals surface area contributed by atoms with Gasteiger partial charge in [0, 0.05) is 23.2 Å². The normalized spacial score (nSPS) is 12.4. The molecule has 0 spiro atoms. The van der Waals surface area contributed by atoms with Crippen molar-refractivity contribution in [1.29, 1.82) is 0 Å². The number of nitrogens with zero attached hydrogens (tertiary/aromatic N) is 2. The smallest absolute Gasteiger partial charge is 0.429 e. The van der Waals surface area contributed by atoms with Gasteiger partial charge in [0.1, 0.15) is 5.82 Å². The first-order valence-corrected chi connectivity index (χ1v) is 9.82. The van der Waals surface area contributed by atoms with Crippen LogP contribution in [0.5, 0.6) is 5.88 Å². The zero-order chi connectivity index (χ0) is 22.4. The summed E-state index contributed by atoms with van der Waals surface area (Å²) in [4.78, 5) is 7.78. The molecule has 1 aromatic heterocycles. The number of rotatable bonds is 8. The van der Waals surface area contributed by atoms with Crippen LogP contribution in [-0.2, 0) is 0 Å². The maximum absolute atomic E-state index is 14.1. The molecule has 10 heteroatoms. The highest BCUT2D eigenvalue weighted by Crippen LogP contribution is 2.41. The lowest BCUT2D eigenvalue weighted by atomic mass is 9.96. The van der Waals surface area contributed by atoms with E-state index in [2.05, 4.69) is 15.3 Å². The summed E-state index contributed by atoms with van der Waals surface area (Å²) in [7, 11) is 0. The minimum Gasteiger partial charge on any atom is -0.459 e. The van der Waals surface area contributed by atoms with E-state index in [1.54, 1.807) is 30.3 Å². The summed E-state index contributed by atoms with van der Waals surface area (Å²) in [5.41, 5.74) is 11.9. The molecule has 0 saturated carbocycles. The number of nitrogens with one attached hydrogen (secondary N) is 1. The molecule has 0 aliphatic rings. The van der Waals surface area contributed by atoms with Crippen molar-refractivity contribution in [2.24, 2.45) is 5.73 Å². The highest BCUT2D eigenvalue weighted by atomic mass is 35.5. The second-order valence-electron chi connectivity index (χ2n) is 6.66. The number of nitrogen functional groups attached to an aromatic ring is 1. The van der Waals surface area contributed by atoms with Crippen LogP contribution in [0.25, 0.3) is 11.1 Å². The topological polar surface area (TPSA) is 99.1 Å². The van der Waals surface area contributed by atoms with Crippen LogP contribution in [0.4, 0.5) is 24.9 Å². The Hall–Kier alpha value is -3.04. The standard InChI is InChI=1S/C21H21ClF3N5O/c22-14-7-8-15(16(11-14)13-5-2-1-3-6-13)19(21(23,24)25)31-18-12-17(28-10-4-9-26)29-20(27)30-18/h1-3,5-8,11-12,19H,4,9-10,26H2,(H3,27,28,29,30)/t19-/m1/s1. The molecule has 5 N–H and O–H groups in total. The predicted molar refractivity (Wildman–Crippen MR) is 115 cm³/mol. The van der Waals surface area contributed by atoms with Gasteiger partial charge in [0.15, 0.2) is 0 Å². The molecule has 2 aromatic carbocycles. The summed E-state index contributed by atoms with van der Waals surface area (Å²) in [5, 5.41) is 3.24. The Labute approximate surface area is 182 Å². The molecule has 0 saturated heterocycles. The first-order valence-electron chi connectivity index (χ1n) is 9.44. The fraction of sp³-hybridized carbons (Fsp3) is 0.238. The average molecular weight is 452 g/mol. The molecule has 0 unspecified atom stereocenters. The zero-order valence-electron chi connectivity index (χ0n) is 16.4. The SMILES string of the molecule is NCCCNc1cc(O[C@H](c2ccc(Cl)cc2-c2ccccc2)C(F)(F)F)nc(N)n1. The quantitative estimate of drug-likeness (QED) is 0.424. The minimum absolute atomic E-state index is 0.0991. The Bertz CT molecular complexity index is 1020. The van der Waals surface area contributed by atoms with Crippen molar-refractivity contribution in [3.8, 4) is 17.0 Å². The highest BCUT2D eigenvalue weighted by Gasteiger charge is 2.44. The molecule has 31 heavy (non-hydrogen) atoms. The third-order valence-electron chi connectivity index (χ3n) is 4.33. The molecule has 0 aliphatic carbocycles. The average Bonchev–Trinajstić information content (AvgIpc) is 2.72. The van der Waals surface area contributed by atoms with Crippen LogP contribution in [0, 0.1) is 0 Å². The summed E-state index contributed by atoms with van der Waals surface area (Å²) in [6, 6.07) is 14.1. The van der Waals surface area contributed by atoms with E-state index < -0.39 is 12.3 Å². The van der Waals surface area contributed by atoms with E-state index >= 15 is 0 Å². The van der Waals surface area contributed by atoms with Gasteiger partial charge in [0.25, 0.3) is 0 Å². The number of aromatic nitrogens is 2. The zero-order valence-corrected chi connectivity index (χ0v) is 17.1. The van der Waals surface area contributed by atoms with Gasteiger partial charge in [-0.1, -0.05) is 48.0 Å². The van der Waals surface area contributed by atoms with Gasteiger partial charge in [-0.3, -0.25) is 0 Å². The Balaban J connectivity index is 2.00. The summed E-state index contributed by atoms with van der Waals surface area (Å²) in [6.45, 7) is 0.927. The van der Waals surface area contributed by atoms with Gasteiger partial charge >= 0.3 is 6.18 Å². The molecule has 1 atom stereocenters. The number of hydrogen-bond acceptors (Lipinski definition) is 6. The van der Waals surface area contributed by atoms with Crippen LogP contribution in [0.2, 0.25) is 5.02 Å². The maximum Gasteiger partial charge on any atom is 0.429 e. The molecular weight excluding hydrogens is 431 g/mol. The predicted octanol–water partition coefficient (Wildman–Crippen LogP) is 4.82. The molecule has 0 fully saturated rings. The number of halogens is 4. The van der Waals surface area contributed by atoms with Crippen LogP contribution in [-0.4, -0.2) is 29.2 Å². The number of anilines is 2. The van der Waals surface area contributed by atoms with Gasteiger partial charge in [0.05, 0.1) is 0 Å². The van der Waals surface area contributed by atoms with E-state index in [1.165, 1.54) is 24.3 Å². The van der Waals surface area contributed by atoms with Crippen LogP contribution in [0.3, 0.4) is 0 Å². The lowest BCUT2D eigenvalue weighted by Crippen LogP contribution is -2.27. The van der Waals surface area contributed by atoms with Crippen LogP contribution in [0.15, 0.2) is 54.6 Å². The monoisotopic (exact) mass is 451 g/mol. The van der Waals surface area contributed by atoms with Crippen molar-refractivity contribution < 1.29 is 17.9 Å². The summed E-state index contributed by atoms with van der Waals surface area (Å²) < 4.78 is 47.6. The van der Waals surface area contributed by atoms with E-state index in [9.17, 15) is 13.2 Å². The Morgan fingerprint density at radius 2 is 1.81 bits per heavy atom. The van der Waals surface area contributed by atoms with E-state index in [1.807, 2.05) is 0 Å². The Morgan fingerprint density at radius 1 is 1.06 bits per heavy atom. The second-order valence-corrected chi connectivity index (χ2v) is 7.09. The van der Waals surface area contributed by atoms with Crippen LogP contribution < -0.4 is 21.5 Å². The molecule has 1 heterocycles. The van der Waals surface area contributed by atoms with E-state index in [0.717, 1.165) is 0 Å². The van der Waals surface area contributed by atoms with Gasteiger partial charge in [0.2, 0.25) is 17.9 Å². The Morgan fingerprint density at radius 3 is 2.48 bits per heavy atom. The fourth-order valence-electron chi connectivity index (χ4n) is 2.96. The van der Waals surface area contributed by atoms with Crippen LogP contribution >= 0.6 is 11.6 Å². The number of benzene rings is 2. The maximum atomic E-state index is 14.1. The number of nitrogens with two attached hydrogens (primary N) is 2. The summed E-state index contributed by atoms with van der Waals surface area (Å²) in [5.74, 6) is -0.275. The van der Waals surface area contributed by atoms with Crippen molar-refractivity contribution in [2.75, 3.05) is 24.1 Å². The Kier molecular flexibility index (Phi) is 7.19. The van der Waals surface area contributed by atoms with E-state index in [0.29, 0.717) is 35.7 Å². The number of hydrogen-bond donors (Lipinski definition) is 3. The molecule has 0 amide bonds. The molecular formula is C21H21ClF3N5O. The van der Waals surface area contributed by atoms with E-state index in [-0.39, 0.29) is 23.2 Å². The van der Waals surface area contributed by atoms with Gasteiger partial charge in [-0.15, -0.1) is 0 Å². The molecule has 3 rings (SSSR count). The van der Waals surface area contributed by atoms with Crippen molar-refractivity contribution in [2.45, 2.75) is 18.7 Å². The highest BCUT2D eigenvalue weighted by molar-refractivity contribution is 6.30. The third-order valence-corrected chi connectivity index (χ3v) is 4.56. The van der Waals surface area contributed by atoms with Crippen molar-refractivity contribution in [3.63, 3.8) is 0 Å². The lowest BCUT2D eigenvalue weighted by molar-refractivity contribution is -0.198. The number of alkyl halides is 3. The van der Waals surface area contributed by atoms with Crippen molar-refractivity contribution in [1.82, 2.24) is 9.97 Å². The summed E-state index contributed by atoms with van der Waals surface area (Å²) >= 11 is 6.07. The minimum atomic E-state index is -4.73. The van der Waals surface area contributed by atoms with Gasteiger partial charge in [-0.25, -0.2) is 0 Å². The molecule has 0 aliphatic heterocycles. The van der Waals surface area contributed by atoms with Gasteiger partial charge < -0.3 is 21.5 Å². The van der Waals surface area contributed by atoms with Gasteiger partial charge in [-0.05, 0) is 36.2 Å². The third kappa shape index (κ3) is 5.99. The second kappa shape index (κ2) is 9.84. The van der Waals surface area contributed by atoms with Crippen LogP contribution in [0.1, 0.15) is 18.1 Å². The molecule has 0 radical (unpaired) electrons. The first-order chi connectivity index (χ1) is 14.8. The van der Waals surface area contributed by atoms with Crippen molar-refractivity contribution >= 4 is 23.4 Å². The molecule has 0 bridgehead atoms. The van der Waals surface area contributed by atoms with Gasteiger partial charge in [-0.2, -0.15) is 23.1 Å². The molecule has 3 aromatic rings. The largest absolute Gasteiger partial charge is 0.459 e. The van der Waals surface area contributed by atoms with Crippen molar-refractivity contribution in [3.05, 3.63) is 65.2 Å². The first kappa shape index (κ1) is 22.6. The summed E-state index contributed by atoms with van der Waals surface area (Å²) in [6.07, 6.45) is -6.38. The number of ether oxygens (including phenoxy) is 1. The lowest BCUT2D eigenvalue weighted by Gasteiger charge is -2.24. The molecule has 164 valence electrons.